The zero-order valence-electron chi connectivity index (χ0n) is 13.7. The topological polar surface area (TPSA) is 86.6 Å². The van der Waals surface area contributed by atoms with Crippen LogP contribution in [0.4, 0.5) is 13.2 Å². The Morgan fingerprint density at radius 3 is 2.07 bits per heavy atom. The minimum Gasteiger partial charge on any atom is -0.480 e. The number of aliphatic hydroxyl groups excluding tert-OH is 1. The Morgan fingerprint density at radius 2 is 1.59 bits per heavy atom. The van der Waals surface area contributed by atoms with E-state index in [4.69, 9.17) is 0 Å². The van der Waals surface area contributed by atoms with Crippen LogP contribution in [0.1, 0.15) is 22.8 Å². The minimum atomic E-state index is -4.54. The third-order valence-electron chi connectivity index (χ3n) is 3.77. The molecule has 0 aromatic heterocycles. The predicted molar refractivity (Wildman–Crippen MR) is 93.8 cm³/mol. The molecule has 2 aromatic rings. The predicted octanol–water partition coefficient (Wildman–Crippen LogP) is 3.31. The van der Waals surface area contributed by atoms with Crippen LogP contribution in [-0.2, 0) is 22.2 Å². The van der Waals surface area contributed by atoms with Crippen LogP contribution >= 0.6 is 15.9 Å². The number of nitrogens with one attached hydrogen (secondary N) is 1. The van der Waals surface area contributed by atoms with Crippen LogP contribution in [0.3, 0.4) is 0 Å². The molecule has 5 nitrogen and oxygen atoms in total. The second kappa shape index (κ2) is 8.53. The van der Waals surface area contributed by atoms with Gasteiger partial charge in [-0.3, -0.25) is 4.79 Å². The van der Waals surface area contributed by atoms with Gasteiger partial charge in [-0.15, -0.1) is 0 Å². The third-order valence-corrected chi connectivity index (χ3v) is 4.30. The molecule has 0 radical (unpaired) electrons. The highest BCUT2D eigenvalue weighted by atomic mass is 79.9. The molecule has 0 saturated carbocycles. The van der Waals surface area contributed by atoms with E-state index in [0.717, 1.165) is 28.7 Å². The lowest BCUT2D eigenvalue weighted by Crippen LogP contribution is -2.44. The summed E-state index contributed by atoms with van der Waals surface area (Å²) in [6.07, 6.45) is -6.35. The first-order valence-electron chi connectivity index (χ1n) is 7.71. The smallest absolute Gasteiger partial charge is 0.416 e. The van der Waals surface area contributed by atoms with E-state index in [1.807, 2.05) is 0 Å². The molecule has 0 aliphatic carbocycles. The molecule has 27 heavy (non-hydrogen) atoms. The molecular weight excluding hydrogens is 431 g/mol. The number of hydrogen-bond donors (Lipinski definition) is 3. The number of amides is 1. The lowest BCUT2D eigenvalue weighted by atomic mass is 10.0. The first-order chi connectivity index (χ1) is 12.6. The molecule has 0 unspecified atom stereocenters. The van der Waals surface area contributed by atoms with E-state index in [2.05, 4.69) is 21.2 Å². The van der Waals surface area contributed by atoms with Gasteiger partial charge in [0.2, 0.25) is 0 Å². The van der Waals surface area contributed by atoms with Crippen LogP contribution in [0.5, 0.6) is 0 Å². The van der Waals surface area contributed by atoms with Crippen molar-refractivity contribution in [3.05, 3.63) is 69.7 Å². The van der Waals surface area contributed by atoms with E-state index in [-0.39, 0.29) is 12.0 Å². The Hall–Kier alpha value is -2.39. The molecule has 0 aliphatic rings. The van der Waals surface area contributed by atoms with Crippen LogP contribution in [-0.4, -0.2) is 28.1 Å². The Kier molecular flexibility index (Phi) is 6.61. The van der Waals surface area contributed by atoms with Crippen molar-refractivity contribution in [1.29, 1.82) is 0 Å². The van der Waals surface area contributed by atoms with Gasteiger partial charge in [-0.05, 0) is 35.4 Å². The summed E-state index contributed by atoms with van der Waals surface area (Å²) in [5.41, 5.74) is -0.347. The van der Waals surface area contributed by atoms with E-state index in [9.17, 15) is 33.0 Å². The van der Waals surface area contributed by atoms with Gasteiger partial charge < -0.3 is 15.5 Å². The molecule has 0 fully saturated rings. The van der Waals surface area contributed by atoms with Gasteiger partial charge in [0.1, 0.15) is 6.04 Å². The summed E-state index contributed by atoms with van der Waals surface area (Å²) in [4.78, 5) is 23.5. The Balaban J connectivity index is 2.07. The van der Waals surface area contributed by atoms with Crippen molar-refractivity contribution in [1.82, 2.24) is 5.32 Å². The average molecular weight is 446 g/mol. The SMILES string of the molecule is O=C(N[C@H](Cc1ccc(Br)cc1)C(=O)O)[C@@H](O)c1ccc(C(F)(F)F)cc1. The molecule has 0 aliphatic heterocycles. The average Bonchev–Trinajstić information content (AvgIpc) is 2.61. The molecule has 2 atom stereocenters. The normalized spacial score (nSPS) is 13.7. The zero-order valence-corrected chi connectivity index (χ0v) is 15.3. The van der Waals surface area contributed by atoms with Crippen molar-refractivity contribution in [3.8, 4) is 0 Å². The van der Waals surface area contributed by atoms with Crippen molar-refractivity contribution < 1.29 is 33.0 Å². The molecule has 0 bridgehead atoms. The molecule has 2 aromatic carbocycles. The molecule has 9 heteroatoms. The quantitative estimate of drug-likeness (QED) is 0.636. The van der Waals surface area contributed by atoms with Crippen LogP contribution in [0.15, 0.2) is 53.0 Å². The third kappa shape index (κ3) is 5.80. The van der Waals surface area contributed by atoms with Gasteiger partial charge in [0.15, 0.2) is 6.10 Å². The lowest BCUT2D eigenvalue weighted by molar-refractivity contribution is -0.143. The highest BCUT2D eigenvalue weighted by Gasteiger charge is 2.31. The van der Waals surface area contributed by atoms with E-state index in [0.29, 0.717) is 5.56 Å². The standard InChI is InChI=1S/C18H15BrF3NO4/c19-13-7-1-10(2-8-13)9-14(17(26)27)23-16(25)15(24)11-3-5-12(6-4-11)18(20,21)22/h1-8,14-15,24H,9H2,(H,23,25)(H,26,27)/t14-,15+/m1/s1. The lowest BCUT2D eigenvalue weighted by Gasteiger charge is -2.18. The van der Waals surface area contributed by atoms with Gasteiger partial charge in [-0.1, -0.05) is 40.2 Å². The molecule has 3 N–H and O–H groups in total. The Labute approximate surface area is 161 Å². The second-order valence-corrected chi connectivity index (χ2v) is 6.67. The number of benzene rings is 2. The number of hydrogen-bond acceptors (Lipinski definition) is 3. The number of carboxylic acid groups (broad SMARTS) is 1. The van der Waals surface area contributed by atoms with Crippen LogP contribution in [0, 0.1) is 0 Å². The van der Waals surface area contributed by atoms with Crippen molar-refractivity contribution in [3.63, 3.8) is 0 Å². The number of halogens is 4. The molecule has 1 amide bonds. The Bertz CT molecular complexity index is 807. The van der Waals surface area contributed by atoms with Gasteiger partial charge in [0.25, 0.3) is 5.91 Å². The fraction of sp³-hybridized carbons (Fsp3) is 0.222. The van der Waals surface area contributed by atoms with Gasteiger partial charge in [-0.25, -0.2) is 4.79 Å². The van der Waals surface area contributed by atoms with Gasteiger partial charge >= 0.3 is 12.1 Å². The summed E-state index contributed by atoms with van der Waals surface area (Å²) in [5.74, 6) is -2.31. The van der Waals surface area contributed by atoms with E-state index in [1.165, 1.54) is 0 Å². The van der Waals surface area contributed by atoms with Crippen molar-refractivity contribution >= 4 is 27.8 Å². The summed E-state index contributed by atoms with van der Waals surface area (Å²) in [5, 5.41) is 21.5. The maximum atomic E-state index is 12.6. The second-order valence-electron chi connectivity index (χ2n) is 5.75. The zero-order chi connectivity index (χ0) is 20.2. The molecular formula is C18H15BrF3NO4. The number of aliphatic carboxylic acids is 1. The van der Waals surface area contributed by atoms with Crippen LogP contribution in [0.25, 0.3) is 0 Å². The van der Waals surface area contributed by atoms with E-state index in [1.54, 1.807) is 24.3 Å². The molecule has 0 spiro atoms. The number of carbonyl (C=O) groups is 2. The summed E-state index contributed by atoms with van der Waals surface area (Å²) in [6.45, 7) is 0. The highest BCUT2D eigenvalue weighted by molar-refractivity contribution is 9.10. The largest absolute Gasteiger partial charge is 0.480 e. The summed E-state index contributed by atoms with van der Waals surface area (Å²) < 4.78 is 38.5. The van der Waals surface area contributed by atoms with E-state index < -0.39 is 35.8 Å². The Morgan fingerprint density at radius 1 is 1.04 bits per heavy atom. The summed E-state index contributed by atoms with van der Waals surface area (Å²) >= 11 is 3.25. The maximum absolute atomic E-state index is 12.6. The number of alkyl halides is 3. The monoisotopic (exact) mass is 445 g/mol. The fourth-order valence-electron chi connectivity index (χ4n) is 2.31. The maximum Gasteiger partial charge on any atom is 0.416 e. The number of rotatable bonds is 6. The summed E-state index contributed by atoms with van der Waals surface area (Å²) in [6, 6.07) is 8.90. The molecule has 0 saturated heterocycles. The van der Waals surface area contributed by atoms with Crippen LogP contribution in [0.2, 0.25) is 0 Å². The molecule has 2 rings (SSSR count). The van der Waals surface area contributed by atoms with Crippen LogP contribution < -0.4 is 5.32 Å². The van der Waals surface area contributed by atoms with Gasteiger partial charge in [-0.2, -0.15) is 13.2 Å². The van der Waals surface area contributed by atoms with Crippen molar-refractivity contribution in [2.75, 3.05) is 0 Å². The minimum absolute atomic E-state index is 0.0198. The van der Waals surface area contributed by atoms with E-state index >= 15 is 0 Å². The highest BCUT2D eigenvalue weighted by Crippen LogP contribution is 2.30. The number of carbonyl (C=O) groups excluding carboxylic acids is 1. The number of aliphatic hydroxyl groups is 1. The van der Waals surface area contributed by atoms with Gasteiger partial charge in [0, 0.05) is 10.9 Å². The fourth-order valence-corrected chi connectivity index (χ4v) is 2.58. The molecule has 0 heterocycles. The van der Waals surface area contributed by atoms with Crippen molar-refractivity contribution in [2.24, 2.45) is 0 Å². The van der Waals surface area contributed by atoms with Gasteiger partial charge in [0.05, 0.1) is 5.56 Å². The first kappa shape index (κ1) is 20.9. The summed E-state index contributed by atoms with van der Waals surface area (Å²) in [7, 11) is 0. The number of carboxylic acids is 1. The molecule has 144 valence electrons. The first-order valence-corrected chi connectivity index (χ1v) is 8.50. The van der Waals surface area contributed by atoms with Crippen molar-refractivity contribution in [2.45, 2.75) is 24.7 Å².